The van der Waals surface area contributed by atoms with Crippen LogP contribution in [0.3, 0.4) is 0 Å². The Labute approximate surface area is 268 Å². The number of cyclic esters (lactones) is 1. The second kappa shape index (κ2) is 12.1. The number of nitrogens with zero attached hydrogens (tertiary/aromatic N) is 2. The molecule has 2 aliphatic rings. The van der Waals surface area contributed by atoms with Crippen LogP contribution in [0.1, 0.15) is 60.7 Å². The first-order chi connectivity index (χ1) is 22.0. The number of fused-ring (bicyclic) bond motifs is 5. The number of aromatic nitrogens is 2. The topological polar surface area (TPSA) is 129 Å². The number of ether oxygens (including phenoxy) is 2. The molecule has 0 saturated heterocycles. The van der Waals surface area contributed by atoms with Crippen LogP contribution in [0.5, 0.6) is 0 Å². The zero-order valence-corrected chi connectivity index (χ0v) is 26.2. The van der Waals surface area contributed by atoms with Gasteiger partial charge in [-0.3, -0.25) is 14.9 Å². The number of carbonyl (C=O) groups excluding carboxylic acids is 3. The van der Waals surface area contributed by atoms with Crippen molar-refractivity contribution in [3.63, 3.8) is 0 Å². The molecule has 0 radical (unpaired) electrons. The standard InChI is InChI=1S/C34H31FN4O6S/c1-4-34(45-31(42)26(13-18(2)3)37-33(46)38-29(40)19-9-11-22(35)12-10-19)24-15-27-28-21(14-20-7-5-6-8-25(20)36-28)16-39(27)30(41)23(24)17-44-32(34)43/h5-12,14-15,18,26H,4,13,16-17H2,1-3H3,(H2,37,38,40,46)/t26-,34-/m0/s1. The molecule has 1 amide bonds. The fourth-order valence-corrected chi connectivity index (χ4v) is 6.22. The molecule has 0 saturated carbocycles. The van der Waals surface area contributed by atoms with Gasteiger partial charge >= 0.3 is 11.9 Å². The Balaban J connectivity index is 1.32. The maximum atomic E-state index is 13.9. The van der Waals surface area contributed by atoms with Gasteiger partial charge in [-0.2, -0.15) is 0 Å². The van der Waals surface area contributed by atoms with Crippen LogP contribution >= 0.6 is 12.2 Å². The highest BCUT2D eigenvalue weighted by atomic mass is 32.1. The van der Waals surface area contributed by atoms with Crippen molar-refractivity contribution in [3.05, 3.63) is 99.1 Å². The number of hydrogen-bond acceptors (Lipinski definition) is 8. The highest BCUT2D eigenvalue weighted by Gasteiger charge is 2.51. The lowest BCUT2D eigenvalue weighted by Crippen LogP contribution is -2.53. The second-order valence-corrected chi connectivity index (χ2v) is 12.2. The van der Waals surface area contributed by atoms with Gasteiger partial charge in [0.25, 0.3) is 11.5 Å². The van der Waals surface area contributed by atoms with E-state index < -0.39 is 35.3 Å². The summed E-state index contributed by atoms with van der Waals surface area (Å²) >= 11 is 5.33. The molecular formula is C34H31FN4O6S. The van der Waals surface area contributed by atoms with Crippen LogP contribution < -0.4 is 16.2 Å². The number of thiocarbonyl (C=S) groups is 1. The molecular weight excluding hydrogens is 611 g/mol. The van der Waals surface area contributed by atoms with Gasteiger partial charge in [-0.1, -0.05) is 39.0 Å². The van der Waals surface area contributed by atoms with Crippen molar-refractivity contribution in [2.45, 2.75) is 58.4 Å². The Morgan fingerprint density at radius 3 is 2.59 bits per heavy atom. The van der Waals surface area contributed by atoms with E-state index in [1.54, 1.807) is 17.6 Å². The third kappa shape index (κ3) is 5.53. The van der Waals surface area contributed by atoms with E-state index in [9.17, 15) is 23.6 Å². The maximum absolute atomic E-state index is 13.9. The Kier molecular flexibility index (Phi) is 8.15. The highest BCUT2D eigenvalue weighted by Crippen LogP contribution is 2.41. The molecule has 236 valence electrons. The average Bonchev–Trinajstić information content (AvgIpc) is 3.38. The summed E-state index contributed by atoms with van der Waals surface area (Å²) in [4.78, 5) is 58.7. The Morgan fingerprint density at radius 2 is 1.87 bits per heavy atom. The summed E-state index contributed by atoms with van der Waals surface area (Å²) in [7, 11) is 0. The SMILES string of the molecule is CC[C@@]1(OC(=O)[C@H](CC(C)C)NC(=S)NC(=O)c2ccc(F)cc2)C(=O)OCc2c1cc1n(c2=O)Cc2cc3ccccc3nc2-1. The quantitative estimate of drug-likeness (QED) is 0.195. The maximum Gasteiger partial charge on any atom is 0.355 e. The first-order valence-corrected chi connectivity index (χ1v) is 15.3. The summed E-state index contributed by atoms with van der Waals surface area (Å²) in [5, 5.41) is 6.12. The van der Waals surface area contributed by atoms with Crippen molar-refractivity contribution in [2.75, 3.05) is 0 Å². The van der Waals surface area contributed by atoms with E-state index in [2.05, 4.69) is 10.6 Å². The smallest absolute Gasteiger partial charge is 0.355 e. The van der Waals surface area contributed by atoms with Crippen molar-refractivity contribution in [2.24, 2.45) is 5.92 Å². The number of amides is 1. The van der Waals surface area contributed by atoms with Gasteiger partial charge in [0.05, 0.1) is 29.0 Å². The fraction of sp³-hybridized carbons (Fsp3) is 0.294. The van der Waals surface area contributed by atoms with Gasteiger partial charge in [-0.05, 0) is 73.4 Å². The third-order valence-corrected chi connectivity index (χ3v) is 8.51. The lowest BCUT2D eigenvalue weighted by molar-refractivity contribution is -0.190. The van der Waals surface area contributed by atoms with E-state index in [1.807, 2.05) is 44.2 Å². The van der Waals surface area contributed by atoms with Crippen molar-refractivity contribution in [1.29, 1.82) is 0 Å². The Morgan fingerprint density at radius 1 is 1.13 bits per heavy atom. The minimum absolute atomic E-state index is 0.00831. The van der Waals surface area contributed by atoms with Crippen LogP contribution in [0, 0.1) is 11.7 Å². The van der Waals surface area contributed by atoms with Gasteiger partial charge in [0, 0.05) is 22.1 Å². The molecule has 6 rings (SSSR count). The summed E-state index contributed by atoms with van der Waals surface area (Å²) in [6.07, 6.45) is 0.232. The monoisotopic (exact) mass is 642 g/mol. The summed E-state index contributed by atoms with van der Waals surface area (Å²) in [6.45, 7) is 5.50. The van der Waals surface area contributed by atoms with E-state index in [1.165, 1.54) is 12.1 Å². The highest BCUT2D eigenvalue weighted by molar-refractivity contribution is 7.80. The Hall–Kier alpha value is -4.97. The molecule has 0 aliphatic carbocycles. The molecule has 2 N–H and O–H groups in total. The summed E-state index contributed by atoms with van der Waals surface area (Å²) < 4.78 is 26.4. The van der Waals surface area contributed by atoms with Crippen LogP contribution in [0.2, 0.25) is 0 Å². The van der Waals surface area contributed by atoms with Gasteiger partial charge in [0.2, 0.25) is 5.60 Å². The first kappa shape index (κ1) is 31.0. The average molecular weight is 643 g/mol. The molecule has 4 aromatic rings. The number of pyridine rings is 2. The van der Waals surface area contributed by atoms with Crippen LogP contribution in [-0.2, 0) is 37.8 Å². The molecule has 0 spiro atoms. The van der Waals surface area contributed by atoms with Crippen molar-refractivity contribution in [1.82, 2.24) is 20.2 Å². The number of hydrogen-bond donors (Lipinski definition) is 2. The van der Waals surface area contributed by atoms with Crippen LogP contribution in [0.15, 0.2) is 65.5 Å². The third-order valence-electron chi connectivity index (χ3n) is 8.29. The summed E-state index contributed by atoms with van der Waals surface area (Å²) in [5.74, 6) is -2.72. The zero-order valence-electron chi connectivity index (χ0n) is 25.4. The normalized spacial score (nSPS) is 17.0. The first-order valence-electron chi connectivity index (χ1n) is 14.9. The molecule has 2 aliphatic heterocycles. The van der Waals surface area contributed by atoms with Crippen molar-refractivity contribution >= 4 is 46.1 Å². The number of nitrogens with one attached hydrogen (secondary N) is 2. The van der Waals surface area contributed by atoms with E-state index in [-0.39, 0.29) is 52.7 Å². The number of rotatable bonds is 7. The molecule has 0 bridgehead atoms. The van der Waals surface area contributed by atoms with Gasteiger partial charge in [-0.25, -0.2) is 19.0 Å². The van der Waals surface area contributed by atoms with Gasteiger partial charge < -0.3 is 19.4 Å². The molecule has 46 heavy (non-hydrogen) atoms. The van der Waals surface area contributed by atoms with Gasteiger partial charge in [0.15, 0.2) is 5.11 Å². The summed E-state index contributed by atoms with van der Waals surface area (Å²) in [5.41, 5.74) is 1.17. The predicted octanol–water partition coefficient (Wildman–Crippen LogP) is 4.49. The van der Waals surface area contributed by atoms with Crippen LogP contribution in [0.25, 0.3) is 22.3 Å². The fourth-order valence-electron chi connectivity index (χ4n) is 5.98. The molecule has 2 atom stereocenters. The Bertz CT molecular complexity index is 1980. The molecule has 10 nitrogen and oxygen atoms in total. The summed E-state index contributed by atoms with van der Waals surface area (Å²) in [6, 6.07) is 15.2. The minimum atomic E-state index is -1.91. The van der Waals surface area contributed by atoms with E-state index >= 15 is 0 Å². The largest absolute Gasteiger partial charge is 0.457 e. The molecule has 4 heterocycles. The lowest BCUT2D eigenvalue weighted by atomic mass is 9.85. The number of para-hydroxylation sites is 1. The second-order valence-electron chi connectivity index (χ2n) is 11.8. The van der Waals surface area contributed by atoms with Crippen LogP contribution in [0.4, 0.5) is 4.39 Å². The number of esters is 2. The van der Waals surface area contributed by atoms with Crippen molar-refractivity contribution in [3.8, 4) is 11.4 Å². The van der Waals surface area contributed by atoms with Gasteiger partial charge in [0.1, 0.15) is 18.5 Å². The molecule has 0 unspecified atom stereocenters. The van der Waals surface area contributed by atoms with Crippen molar-refractivity contribution < 1.29 is 28.2 Å². The van der Waals surface area contributed by atoms with E-state index in [0.29, 0.717) is 17.9 Å². The zero-order chi connectivity index (χ0) is 32.7. The van der Waals surface area contributed by atoms with E-state index in [0.717, 1.165) is 28.6 Å². The molecule has 0 fully saturated rings. The molecule has 2 aromatic carbocycles. The van der Waals surface area contributed by atoms with Crippen LogP contribution in [-0.4, -0.2) is 38.6 Å². The molecule has 12 heteroatoms. The number of benzene rings is 2. The number of carbonyl (C=O) groups is 3. The number of halogens is 1. The lowest BCUT2D eigenvalue weighted by Gasteiger charge is -2.37. The minimum Gasteiger partial charge on any atom is -0.457 e. The molecule has 2 aromatic heterocycles. The predicted molar refractivity (Wildman–Crippen MR) is 171 cm³/mol. The van der Waals surface area contributed by atoms with E-state index in [4.69, 9.17) is 26.7 Å². The van der Waals surface area contributed by atoms with Gasteiger partial charge in [-0.15, -0.1) is 0 Å².